The smallest absolute Gasteiger partial charge is 0.0668 e. The first-order valence-corrected chi connectivity index (χ1v) is 5.64. The van der Waals surface area contributed by atoms with Gasteiger partial charge in [-0.3, -0.25) is 0 Å². The van der Waals surface area contributed by atoms with Crippen LogP contribution < -0.4 is 5.32 Å². The van der Waals surface area contributed by atoms with Crippen LogP contribution in [0.5, 0.6) is 0 Å². The molecule has 1 aliphatic rings. The molecule has 2 N–H and O–H groups in total. The SMILES string of the molecule is CCCNC(C)(CO)COCC1CC1. The van der Waals surface area contributed by atoms with Crippen molar-refractivity contribution < 1.29 is 9.84 Å². The van der Waals surface area contributed by atoms with Gasteiger partial charge in [-0.1, -0.05) is 6.92 Å². The van der Waals surface area contributed by atoms with E-state index in [1.54, 1.807) is 0 Å². The largest absolute Gasteiger partial charge is 0.394 e. The normalized spacial score (nSPS) is 20.8. The van der Waals surface area contributed by atoms with Crippen molar-refractivity contribution in [3.63, 3.8) is 0 Å². The molecule has 84 valence electrons. The maximum Gasteiger partial charge on any atom is 0.0668 e. The van der Waals surface area contributed by atoms with Gasteiger partial charge in [0.05, 0.1) is 18.8 Å². The summed E-state index contributed by atoms with van der Waals surface area (Å²) in [5.74, 6) is 0.795. The first-order chi connectivity index (χ1) is 6.70. The number of nitrogens with one attached hydrogen (secondary N) is 1. The molecule has 0 amide bonds. The van der Waals surface area contributed by atoms with Gasteiger partial charge in [0.2, 0.25) is 0 Å². The maximum absolute atomic E-state index is 9.25. The summed E-state index contributed by atoms with van der Waals surface area (Å²) in [7, 11) is 0. The monoisotopic (exact) mass is 201 g/mol. The van der Waals surface area contributed by atoms with E-state index in [9.17, 15) is 5.11 Å². The van der Waals surface area contributed by atoms with E-state index in [1.807, 2.05) is 6.92 Å². The quantitative estimate of drug-likeness (QED) is 0.619. The van der Waals surface area contributed by atoms with Gasteiger partial charge in [-0.05, 0) is 38.6 Å². The van der Waals surface area contributed by atoms with E-state index in [2.05, 4.69) is 12.2 Å². The lowest BCUT2D eigenvalue weighted by molar-refractivity contribution is 0.0398. The minimum Gasteiger partial charge on any atom is -0.394 e. The Kier molecular flexibility index (Phi) is 4.85. The first-order valence-electron chi connectivity index (χ1n) is 5.64. The molecule has 1 saturated carbocycles. The summed E-state index contributed by atoms with van der Waals surface area (Å²) in [6, 6.07) is 0. The second-order valence-electron chi connectivity index (χ2n) is 4.60. The van der Waals surface area contributed by atoms with Crippen LogP contribution in [-0.4, -0.2) is 37.0 Å². The zero-order valence-corrected chi connectivity index (χ0v) is 9.38. The Morgan fingerprint density at radius 1 is 1.50 bits per heavy atom. The molecule has 0 radical (unpaired) electrons. The lowest BCUT2D eigenvalue weighted by Crippen LogP contribution is -2.50. The molecular weight excluding hydrogens is 178 g/mol. The van der Waals surface area contributed by atoms with Gasteiger partial charge in [0.1, 0.15) is 0 Å². The molecular formula is C11H23NO2. The Bertz CT molecular complexity index is 159. The fourth-order valence-corrected chi connectivity index (χ4v) is 1.31. The summed E-state index contributed by atoms with van der Waals surface area (Å²) in [6.07, 6.45) is 3.72. The Labute approximate surface area is 86.8 Å². The zero-order valence-electron chi connectivity index (χ0n) is 9.38. The molecule has 0 spiro atoms. The van der Waals surface area contributed by atoms with E-state index in [4.69, 9.17) is 4.74 Å². The summed E-state index contributed by atoms with van der Waals surface area (Å²) in [6.45, 7) is 6.68. The molecule has 1 rings (SSSR count). The van der Waals surface area contributed by atoms with Crippen molar-refractivity contribution in [2.75, 3.05) is 26.4 Å². The molecule has 3 heteroatoms. The predicted molar refractivity (Wildman–Crippen MR) is 57.3 cm³/mol. The van der Waals surface area contributed by atoms with Crippen LogP contribution in [0.25, 0.3) is 0 Å². The molecule has 0 saturated heterocycles. The maximum atomic E-state index is 9.25. The summed E-state index contributed by atoms with van der Waals surface area (Å²) < 4.78 is 5.59. The molecule has 1 atom stereocenters. The fraction of sp³-hybridized carbons (Fsp3) is 1.00. The highest BCUT2D eigenvalue weighted by atomic mass is 16.5. The zero-order chi connectivity index (χ0) is 10.4. The van der Waals surface area contributed by atoms with Gasteiger partial charge in [0, 0.05) is 6.61 Å². The third-order valence-corrected chi connectivity index (χ3v) is 2.62. The first kappa shape index (κ1) is 12.0. The summed E-state index contributed by atoms with van der Waals surface area (Å²) in [5.41, 5.74) is -0.259. The van der Waals surface area contributed by atoms with Crippen molar-refractivity contribution >= 4 is 0 Å². The number of aliphatic hydroxyl groups is 1. The van der Waals surface area contributed by atoms with Crippen LogP contribution in [0.2, 0.25) is 0 Å². The number of aliphatic hydroxyl groups excluding tert-OH is 1. The number of hydrogen-bond donors (Lipinski definition) is 2. The average Bonchev–Trinajstić information content (AvgIpc) is 2.99. The van der Waals surface area contributed by atoms with Crippen molar-refractivity contribution in [2.24, 2.45) is 5.92 Å². The van der Waals surface area contributed by atoms with Crippen LogP contribution in [0.15, 0.2) is 0 Å². The van der Waals surface area contributed by atoms with E-state index in [1.165, 1.54) is 12.8 Å². The molecule has 0 aromatic heterocycles. The van der Waals surface area contributed by atoms with Crippen LogP contribution in [0.1, 0.15) is 33.1 Å². The molecule has 1 aliphatic carbocycles. The Hall–Kier alpha value is -0.120. The van der Waals surface area contributed by atoms with Crippen LogP contribution in [0.4, 0.5) is 0 Å². The van der Waals surface area contributed by atoms with Crippen LogP contribution in [-0.2, 0) is 4.74 Å². The lowest BCUT2D eigenvalue weighted by atomic mass is 10.1. The standard InChI is InChI=1S/C11H23NO2/c1-3-6-12-11(2,8-13)9-14-7-10-4-5-10/h10,12-13H,3-9H2,1-2H3. The summed E-state index contributed by atoms with van der Waals surface area (Å²) >= 11 is 0. The molecule has 14 heavy (non-hydrogen) atoms. The molecule has 0 aromatic rings. The van der Waals surface area contributed by atoms with Gasteiger partial charge < -0.3 is 15.2 Å². The molecule has 0 heterocycles. The van der Waals surface area contributed by atoms with E-state index >= 15 is 0 Å². The van der Waals surface area contributed by atoms with E-state index in [0.29, 0.717) is 6.61 Å². The Morgan fingerprint density at radius 2 is 2.21 bits per heavy atom. The fourth-order valence-electron chi connectivity index (χ4n) is 1.31. The second kappa shape index (κ2) is 5.69. The van der Waals surface area contributed by atoms with E-state index in [0.717, 1.165) is 25.5 Å². The van der Waals surface area contributed by atoms with Crippen LogP contribution in [0, 0.1) is 5.92 Å². The minimum atomic E-state index is -0.259. The van der Waals surface area contributed by atoms with Gasteiger partial charge in [-0.25, -0.2) is 0 Å². The number of ether oxygens (including phenoxy) is 1. The summed E-state index contributed by atoms with van der Waals surface area (Å²) in [4.78, 5) is 0. The lowest BCUT2D eigenvalue weighted by Gasteiger charge is -2.28. The highest BCUT2D eigenvalue weighted by Crippen LogP contribution is 2.29. The molecule has 3 nitrogen and oxygen atoms in total. The van der Waals surface area contributed by atoms with Crippen molar-refractivity contribution in [1.29, 1.82) is 0 Å². The third-order valence-electron chi connectivity index (χ3n) is 2.62. The van der Waals surface area contributed by atoms with Crippen molar-refractivity contribution in [3.8, 4) is 0 Å². The number of rotatable bonds is 8. The Morgan fingerprint density at radius 3 is 2.71 bits per heavy atom. The molecule has 0 bridgehead atoms. The van der Waals surface area contributed by atoms with Gasteiger partial charge in [-0.2, -0.15) is 0 Å². The van der Waals surface area contributed by atoms with Gasteiger partial charge in [-0.15, -0.1) is 0 Å². The predicted octanol–water partition coefficient (Wildman–Crippen LogP) is 1.16. The van der Waals surface area contributed by atoms with Crippen molar-refractivity contribution in [1.82, 2.24) is 5.32 Å². The van der Waals surface area contributed by atoms with E-state index in [-0.39, 0.29) is 12.1 Å². The minimum absolute atomic E-state index is 0.137. The van der Waals surface area contributed by atoms with Gasteiger partial charge >= 0.3 is 0 Å². The summed E-state index contributed by atoms with van der Waals surface area (Å²) in [5, 5.41) is 12.6. The van der Waals surface area contributed by atoms with E-state index < -0.39 is 0 Å². The van der Waals surface area contributed by atoms with Gasteiger partial charge in [0.15, 0.2) is 0 Å². The molecule has 0 aliphatic heterocycles. The molecule has 0 aromatic carbocycles. The molecule has 1 fully saturated rings. The topological polar surface area (TPSA) is 41.5 Å². The Balaban J connectivity index is 2.12. The third kappa shape index (κ3) is 4.40. The highest BCUT2D eigenvalue weighted by molar-refractivity contribution is 4.82. The average molecular weight is 201 g/mol. The van der Waals surface area contributed by atoms with Crippen LogP contribution in [0.3, 0.4) is 0 Å². The van der Waals surface area contributed by atoms with Gasteiger partial charge in [0.25, 0.3) is 0 Å². The van der Waals surface area contributed by atoms with Crippen LogP contribution >= 0.6 is 0 Å². The molecule has 1 unspecified atom stereocenters. The van der Waals surface area contributed by atoms with Crippen molar-refractivity contribution in [2.45, 2.75) is 38.6 Å². The highest BCUT2D eigenvalue weighted by Gasteiger charge is 2.25. The second-order valence-corrected chi connectivity index (χ2v) is 4.60. The van der Waals surface area contributed by atoms with Crippen molar-refractivity contribution in [3.05, 3.63) is 0 Å². The number of hydrogen-bond acceptors (Lipinski definition) is 3.